The Morgan fingerprint density at radius 1 is 1.50 bits per heavy atom. The number of imidazole rings is 1. The number of aromatic amines is 1. The molecule has 2 N–H and O–H groups in total. The highest BCUT2D eigenvalue weighted by Gasteiger charge is 2.16. The Morgan fingerprint density at radius 3 is 3.00 bits per heavy atom. The number of hydrogen-bond donors (Lipinski definition) is 2. The van der Waals surface area contributed by atoms with Crippen LogP contribution in [0.2, 0.25) is 0 Å². The van der Waals surface area contributed by atoms with Crippen LogP contribution < -0.4 is 9.46 Å². The van der Waals surface area contributed by atoms with Crippen LogP contribution in [0.3, 0.4) is 0 Å². The van der Waals surface area contributed by atoms with Crippen LogP contribution in [0, 0.1) is 0 Å². The highest BCUT2D eigenvalue weighted by molar-refractivity contribution is 7.89. The zero-order valence-corrected chi connectivity index (χ0v) is 10.4. The van der Waals surface area contributed by atoms with E-state index in [0.717, 1.165) is 0 Å². The summed E-state index contributed by atoms with van der Waals surface area (Å²) in [6.45, 7) is 0.0956. The highest BCUT2D eigenvalue weighted by Crippen LogP contribution is 2.14. The Hall–Kier alpha value is -1.93. The zero-order chi connectivity index (χ0) is 13.0. The van der Waals surface area contributed by atoms with Gasteiger partial charge in [-0.15, -0.1) is 0 Å². The summed E-state index contributed by atoms with van der Waals surface area (Å²) in [5.74, 6) is 0.393. The van der Waals surface area contributed by atoms with E-state index in [1.54, 1.807) is 18.3 Å². The summed E-state index contributed by atoms with van der Waals surface area (Å²) < 4.78 is 31.1. The lowest BCUT2D eigenvalue weighted by Crippen LogP contribution is -2.23. The Morgan fingerprint density at radius 2 is 2.33 bits per heavy atom. The van der Waals surface area contributed by atoms with Crippen molar-refractivity contribution in [2.24, 2.45) is 0 Å². The van der Waals surface area contributed by atoms with E-state index in [0.29, 0.717) is 11.4 Å². The van der Waals surface area contributed by atoms with E-state index in [-0.39, 0.29) is 11.6 Å². The van der Waals surface area contributed by atoms with E-state index in [9.17, 15) is 8.42 Å². The van der Waals surface area contributed by atoms with Gasteiger partial charge < -0.3 is 9.72 Å². The maximum atomic E-state index is 11.8. The summed E-state index contributed by atoms with van der Waals surface area (Å²) in [5.41, 5.74) is 0.656. The molecule has 18 heavy (non-hydrogen) atoms. The van der Waals surface area contributed by atoms with Gasteiger partial charge in [-0.1, -0.05) is 6.07 Å². The van der Waals surface area contributed by atoms with Crippen molar-refractivity contribution >= 4 is 10.0 Å². The average Bonchev–Trinajstić information content (AvgIpc) is 2.91. The average molecular weight is 268 g/mol. The minimum Gasteiger partial charge on any atom is -0.481 e. The van der Waals surface area contributed by atoms with Crippen molar-refractivity contribution in [2.75, 3.05) is 7.11 Å². The summed E-state index contributed by atoms with van der Waals surface area (Å²) in [6.07, 6.45) is 4.12. The first kappa shape index (κ1) is 12.5. The summed E-state index contributed by atoms with van der Waals surface area (Å²) in [5, 5.41) is 0.0188. The summed E-state index contributed by atoms with van der Waals surface area (Å²) in [4.78, 5) is 10.2. The van der Waals surface area contributed by atoms with Gasteiger partial charge in [0.25, 0.3) is 10.0 Å². The molecule has 0 aliphatic rings. The summed E-state index contributed by atoms with van der Waals surface area (Å²) >= 11 is 0. The predicted octanol–water partition coefficient (Wildman–Crippen LogP) is 0.292. The third-order valence-corrected chi connectivity index (χ3v) is 3.59. The van der Waals surface area contributed by atoms with Gasteiger partial charge in [0, 0.05) is 18.3 Å². The fourth-order valence-corrected chi connectivity index (χ4v) is 2.29. The van der Waals surface area contributed by atoms with Crippen LogP contribution in [0.15, 0.2) is 35.9 Å². The van der Waals surface area contributed by atoms with Gasteiger partial charge in [-0.25, -0.2) is 23.1 Å². The van der Waals surface area contributed by atoms with Crippen molar-refractivity contribution in [1.29, 1.82) is 0 Å². The van der Waals surface area contributed by atoms with Gasteiger partial charge >= 0.3 is 0 Å². The van der Waals surface area contributed by atoms with E-state index in [1.807, 2.05) is 0 Å². The second kappa shape index (κ2) is 5.15. The molecule has 0 amide bonds. The van der Waals surface area contributed by atoms with E-state index in [4.69, 9.17) is 4.74 Å². The summed E-state index contributed by atoms with van der Waals surface area (Å²) in [6, 6.07) is 3.45. The van der Waals surface area contributed by atoms with Gasteiger partial charge in [-0.2, -0.15) is 0 Å². The van der Waals surface area contributed by atoms with Crippen LogP contribution in [0.1, 0.15) is 5.56 Å². The number of sulfonamides is 1. The normalized spacial score (nSPS) is 11.4. The Balaban J connectivity index is 2.13. The quantitative estimate of drug-likeness (QED) is 0.812. The van der Waals surface area contributed by atoms with Crippen LogP contribution in [-0.2, 0) is 16.6 Å². The molecule has 0 radical (unpaired) electrons. The zero-order valence-electron chi connectivity index (χ0n) is 9.62. The van der Waals surface area contributed by atoms with Crippen molar-refractivity contribution in [3.05, 3.63) is 36.4 Å². The molecule has 0 saturated carbocycles. The molecule has 2 heterocycles. The number of ether oxygens (including phenoxy) is 1. The third-order valence-electron chi connectivity index (χ3n) is 2.26. The van der Waals surface area contributed by atoms with Crippen molar-refractivity contribution in [3.8, 4) is 5.88 Å². The first-order chi connectivity index (χ1) is 8.63. The highest BCUT2D eigenvalue weighted by atomic mass is 32.2. The van der Waals surface area contributed by atoms with Crippen LogP contribution in [0.4, 0.5) is 0 Å². The number of nitrogens with zero attached hydrogens (tertiary/aromatic N) is 2. The van der Waals surface area contributed by atoms with Crippen LogP contribution in [-0.4, -0.2) is 30.5 Å². The molecule has 0 unspecified atom stereocenters. The Kier molecular flexibility index (Phi) is 3.58. The Bertz CT molecular complexity index is 610. The van der Waals surface area contributed by atoms with Gasteiger partial charge in [0.1, 0.15) is 0 Å². The largest absolute Gasteiger partial charge is 0.481 e. The monoisotopic (exact) mass is 268 g/mol. The molecule has 0 saturated heterocycles. The fraction of sp³-hybridized carbons (Fsp3) is 0.200. The topological polar surface area (TPSA) is 97.0 Å². The first-order valence-electron chi connectivity index (χ1n) is 5.09. The molecule has 0 aliphatic heterocycles. The SMILES string of the molecule is COc1ncccc1CNS(=O)(=O)c1cnc[nH]1. The molecule has 96 valence electrons. The van der Waals surface area contributed by atoms with E-state index < -0.39 is 10.0 Å². The molecule has 7 nitrogen and oxygen atoms in total. The van der Waals surface area contributed by atoms with Gasteiger partial charge in [-0.3, -0.25) is 0 Å². The maximum Gasteiger partial charge on any atom is 0.257 e. The number of pyridine rings is 1. The third kappa shape index (κ3) is 2.66. The van der Waals surface area contributed by atoms with Crippen molar-refractivity contribution in [2.45, 2.75) is 11.6 Å². The molecule has 0 spiro atoms. The lowest BCUT2D eigenvalue weighted by molar-refractivity contribution is 0.392. The number of rotatable bonds is 5. The second-order valence-electron chi connectivity index (χ2n) is 3.41. The second-order valence-corrected chi connectivity index (χ2v) is 5.15. The maximum absolute atomic E-state index is 11.8. The summed E-state index contributed by atoms with van der Waals surface area (Å²) in [7, 11) is -2.11. The van der Waals surface area contributed by atoms with E-state index in [2.05, 4.69) is 19.7 Å². The number of methoxy groups -OCH3 is 1. The number of hydrogen-bond acceptors (Lipinski definition) is 5. The number of aromatic nitrogens is 3. The molecule has 2 rings (SSSR count). The molecule has 8 heteroatoms. The molecule has 2 aromatic heterocycles. The molecular weight excluding hydrogens is 256 g/mol. The van der Waals surface area contributed by atoms with Gasteiger partial charge in [0.2, 0.25) is 5.88 Å². The Labute approximate surface area is 104 Å². The molecule has 0 aliphatic carbocycles. The van der Waals surface area contributed by atoms with Crippen LogP contribution >= 0.6 is 0 Å². The fourth-order valence-electron chi connectivity index (χ4n) is 1.38. The molecule has 0 aromatic carbocycles. The molecule has 0 fully saturated rings. The van der Waals surface area contributed by atoms with Crippen molar-refractivity contribution < 1.29 is 13.2 Å². The molecule has 0 atom stereocenters. The van der Waals surface area contributed by atoms with E-state index in [1.165, 1.54) is 19.6 Å². The van der Waals surface area contributed by atoms with Crippen molar-refractivity contribution in [3.63, 3.8) is 0 Å². The number of H-pyrrole nitrogens is 1. The lowest BCUT2D eigenvalue weighted by atomic mass is 10.3. The van der Waals surface area contributed by atoms with E-state index >= 15 is 0 Å². The molecule has 0 bridgehead atoms. The van der Waals surface area contributed by atoms with Gasteiger partial charge in [-0.05, 0) is 6.07 Å². The van der Waals surface area contributed by atoms with Gasteiger partial charge in [0.05, 0.1) is 19.6 Å². The molecule has 2 aromatic rings. The standard InChI is InChI=1S/C10H12N4O3S/c1-17-10-8(3-2-4-12-10)5-14-18(15,16)9-6-11-7-13-9/h2-4,6-7,14H,5H2,1H3,(H,11,13). The van der Waals surface area contributed by atoms with Gasteiger partial charge in [0.15, 0.2) is 5.03 Å². The van der Waals surface area contributed by atoms with Crippen LogP contribution in [0.25, 0.3) is 0 Å². The molecular formula is C10H12N4O3S. The smallest absolute Gasteiger partial charge is 0.257 e. The predicted molar refractivity (Wildman–Crippen MR) is 63.4 cm³/mol. The number of nitrogens with one attached hydrogen (secondary N) is 2. The first-order valence-corrected chi connectivity index (χ1v) is 6.58. The minimum absolute atomic E-state index is 0.0188. The van der Waals surface area contributed by atoms with Crippen molar-refractivity contribution in [1.82, 2.24) is 19.7 Å². The van der Waals surface area contributed by atoms with Crippen LogP contribution in [0.5, 0.6) is 5.88 Å². The minimum atomic E-state index is -3.59. The lowest BCUT2D eigenvalue weighted by Gasteiger charge is -2.07.